The van der Waals surface area contributed by atoms with Crippen molar-refractivity contribution in [1.29, 1.82) is 0 Å². The number of carbonyl (C=O) groups excluding carboxylic acids is 3. The average molecular weight is 986 g/mol. The number of unbranched alkanes of at least 4 members (excludes halogenated alkanes) is 43. The number of hydrogen-bond acceptors (Lipinski definition) is 6. The molecule has 0 aliphatic heterocycles. The van der Waals surface area contributed by atoms with Gasteiger partial charge >= 0.3 is 17.9 Å². The summed E-state index contributed by atoms with van der Waals surface area (Å²) in [4.78, 5) is 38.2. The van der Waals surface area contributed by atoms with E-state index < -0.39 is 6.10 Å². The molecule has 70 heavy (non-hydrogen) atoms. The first-order valence-corrected chi connectivity index (χ1v) is 31.3. The van der Waals surface area contributed by atoms with E-state index in [1.807, 2.05) is 0 Å². The zero-order valence-corrected chi connectivity index (χ0v) is 47.3. The minimum atomic E-state index is -0.768. The second-order valence-corrected chi connectivity index (χ2v) is 21.3. The lowest BCUT2D eigenvalue weighted by molar-refractivity contribution is -0.167. The van der Waals surface area contributed by atoms with Crippen molar-refractivity contribution in [3.8, 4) is 0 Å². The molecule has 0 amide bonds. The van der Waals surface area contributed by atoms with Crippen LogP contribution in [-0.4, -0.2) is 37.2 Å². The zero-order chi connectivity index (χ0) is 50.7. The van der Waals surface area contributed by atoms with E-state index in [2.05, 4.69) is 45.1 Å². The van der Waals surface area contributed by atoms with Gasteiger partial charge in [0.25, 0.3) is 0 Å². The van der Waals surface area contributed by atoms with Crippen molar-refractivity contribution >= 4 is 17.9 Å². The summed E-state index contributed by atoms with van der Waals surface area (Å²) < 4.78 is 16.9. The highest BCUT2D eigenvalue weighted by Gasteiger charge is 2.19. The number of allylic oxidation sites excluding steroid dienone is 4. The van der Waals surface area contributed by atoms with Crippen LogP contribution >= 0.6 is 0 Å². The average Bonchev–Trinajstić information content (AvgIpc) is 3.36. The smallest absolute Gasteiger partial charge is 0.306 e. The van der Waals surface area contributed by atoms with Crippen molar-refractivity contribution < 1.29 is 28.6 Å². The van der Waals surface area contributed by atoms with Gasteiger partial charge in [0.05, 0.1) is 0 Å². The molecule has 6 heteroatoms. The number of rotatable bonds is 58. The predicted molar refractivity (Wildman–Crippen MR) is 303 cm³/mol. The third-order valence-corrected chi connectivity index (χ3v) is 14.2. The van der Waals surface area contributed by atoms with Crippen LogP contribution in [0.3, 0.4) is 0 Å². The highest BCUT2D eigenvalue weighted by Crippen LogP contribution is 2.18. The molecule has 0 aliphatic rings. The molecule has 0 aromatic heterocycles. The first-order valence-electron chi connectivity index (χ1n) is 31.3. The van der Waals surface area contributed by atoms with Gasteiger partial charge in [-0.15, -0.1) is 0 Å². The first kappa shape index (κ1) is 67.9. The fourth-order valence-electron chi connectivity index (χ4n) is 9.48. The highest BCUT2D eigenvalue weighted by atomic mass is 16.6. The maximum atomic E-state index is 12.9. The van der Waals surface area contributed by atoms with Gasteiger partial charge in [-0.2, -0.15) is 0 Å². The lowest BCUT2D eigenvalue weighted by Crippen LogP contribution is -2.30. The van der Waals surface area contributed by atoms with Gasteiger partial charge < -0.3 is 14.2 Å². The summed E-state index contributed by atoms with van der Waals surface area (Å²) in [7, 11) is 0. The molecule has 0 aromatic rings. The van der Waals surface area contributed by atoms with Crippen LogP contribution in [-0.2, 0) is 28.6 Å². The Morgan fingerprint density at radius 3 is 0.786 bits per heavy atom. The molecular formula is C64H120O6. The van der Waals surface area contributed by atoms with E-state index in [0.717, 1.165) is 64.2 Å². The minimum Gasteiger partial charge on any atom is -0.462 e. The van der Waals surface area contributed by atoms with Crippen molar-refractivity contribution in [1.82, 2.24) is 0 Å². The summed E-state index contributed by atoms with van der Waals surface area (Å²) >= 11 is 0. The quantitative estimate of drug-likeness (QED) is 0.0261. The Morgan fingerprint density at radius 2 is 0.514 bits per heavy atom. The lowest BCUT2D eigenvalue weighted by atomic mass is 10.0. The van der Waals surface area contributed by atoms with Crippen LogP contribution in [0.2, 0.25) is 0 Å². The Balaban J connectivity index is 4.22. The molecule has 0 bridgehead atoms. The van der Waals surface area contributed by atoms with E-state index in [1.54, 1.807) is 0 Å². The van der Waals surface area contributed by atoms with Crippen LogP contribution in [0.15, 0.2) is 24.3 Å². The van der Waals surface area contributed by atoms with Crippen LogP contribution in [0, 0.1) is 0 Å². The highest BCUT2D eigenvalue weighted by molar-refractivity contribution is 5.71. The van der Waals surface area contributed by atoms with Crippen LogP contribution < -0.4 is 0 Å². The van der Waals surface area contributed by atoms with Crippen LogP contribution in [0.5, 0.6) is 0 Å². The molecule has 0 N–H and O–H groups in total. The van der Waals surface area contributed by atoms with E-state index in [-0.39, 0.29) is 31.1 Å². The molecule has 412 valence electrons. The van der Waals surface area contributed by atoms with Crippen molar-refractivity contribution in [3.05, 3.63) is 24.3 Å². The van der Waals surface area contributed by atoms with E-state index in [0.29, 0.717) is 19.3 Å². The van der Waals surface area contributed by atoms with Gasteiger partial charge in [-0.25, -0.2) is 0 Å². The number of esters is 3. The van der Waals surface area contributed by atoms with E-state index in [9.17, 15) is 14.4 Å². The molecule has 0 aromatic carbocycles. The van der Waals surface area contributed by atoms with E-state index in [1.165, 1.54) is 244 Å². The van der Waals surface area contributed by atoms with Gasteiger partial charge in [0.15, 0.2) is 6.10 Å². The Hall–Kier alpha value is -2.11. The molecule has 6 nitrogen and oxygen atoms in total. The lowest BCUT2D eigenvalue weighted by Gasteiger charge is -2.18. The summed E-state index contributed by atoms with van der Waals surface area (Å²) in [6, 6.07) is 0. The van der Waals surface area contributed by atoms with Crippen molar-refractivity contribution in [2.24, 2.45) is 0 Å². The van der Waals surface area contributed by atoms with Gasteiger partial charge in [-0.3, -0.25) is 14.4 Å². The second-order valence-electron chi connectivity index (χ2n) is 21.3. The van der Waals surface area contributed by atoms with Crippen LogP contribution in [0.4, 0.5) is 0 Å². The van der Waals surface area contributed by atoms with Gasteiger partial charge in [-0.1, -0.05) is 302 Å². The SMILES string of the molecule is CCCCCCC/C=C\C/C=C\CCCCCCCCCCCC(=O)OCC(COC(=O)CCCCCCCCCCCC)OC(=O)CCCCCCCCCCCCCCCCCCCCCCC. The zero-order valence-electron chi connectivity index (χ0n) is 47.3. The molecule has 0 fully saturated rings. The molecule has 0 saturated carbocycles. The molecule has 1 unspecified atom stereocenters. The largest absolute Gasteiger partial charge is 0.462 e. The maximum absolute atomic E-state index is 12.9. The van der Waals surface area contributed by atoms with Crippen molar-refractivity contribution in [3.63, 3.8) is 0 Å². The van der Waals surface area contributed by atoms with Crippen molar-refractivity contribution in [2.75, 3.05) is 13.2 Å². The Kier molecular flexibility index (Phi) is 57.7. The van der Waals surface area contributed by atoms with Gasteiger partial charge in [0.1, 0.15) is 13.2 Å². The predicted octanol–water partition coefficient (Wildman–Crippen LogP) is 21.1. The molecule has 1 atom stereocenters. The summed E-state index contributed by atoms with van der Waals surface area (Å²) in [6.07, 6.45) is 70.4. The van der Waals surface area contributed by atoms with Gasteiger partial charge in [0.2, 0.25) is 0 Å². The first-order chi connectivity index (χ1) is 34.5. The summed E-state index contributed by atoms with van der Waals surface area (Å²) in [5.41, 5.74) is 0. The Bertz CT molecular complexity index is 1130. The number of carbonyl (C=O) groups is 3. The summed E-state index contributed by atoms with van der Waals surface area (Å²) in [6.45, 7) is 6.68. The minimum absolute atomic E-state index is 0.0669. The Morgan fingerprint density at radius 1 is 0.286 bits per heavy atom. The monoisotopic (exact) mass is 985 g/mol. The standard InChI is InChI=1S/C64H120O6/c1-4-7-10-13-16-19-22-24-26-28-30-32-34-36-38-40-42-45-48-51-54-57-63(66)69-60-61(59-68-62(65)56-53-50-47-44-21-18-15-12-9-6-3)70-64(67)58-55-52-49-46-43-41-39-37-35-33-31-29-27-25-23-20-17-14-11-8-5-2/h22,24,28,30,61H,4-21,23,25-27,29,31-60H2,1-3H3/b24-22-,30-28-. The number of hydrogen-bond donors (Lipinski definition) is 0. The molecule has 0 radical (unpaired) electrons. The van der Waals surface area contributed by atoms with E-state index >= 15 is 0 Å². The van der Waals surface area contributed by atoms with E-state index in [4.69, 9.17) is 14.2 Å². The molecule has 0 spiro atoms. The third-order valence-electron chi connectivity index (χ3n) is 14.2. The second kappa shape index (κ2) is 59.5. The van der Waals surface area contributed by atoms with Gasteiger partial charge in [-0.05, 0) is 51.4 Å². The molecule has 0 heterocycles. The molecule has 0 rings (SSSR count). The maximum Gasteiger partial charge on any atom is 0.306 e. The molecule has 0 aliphatic carbocycles. The molecule has 0 saturated heterocycles. The third kappa shape index (κ3) is 56.8. The molecular weight excluding hydrogens is 865 g/mol. The fourth-order valence-corrected chi connectivity index (χ4v) is 9.48. The number of ether oxygens (including phenoxy) is 3. The Labute approximate surface area is 436 Å². The fraction of sp³-hybridized carbons (Fsp3) is 0.891. The van der Waals surface area contributed by atoms with Crippen LogP contribution in [0.25, 0.3) is 0 Å². The topological polar surface area (TPSA) is 78.9 Å². The van der Waals surface area contributed by atoms with Gasteiger partial charge in [0, 0.05) is 19.3 Å². The summed E-state index contributed by atoms with van der Waals surface area (Å²) in [5.74, 6) is -0.848. The van der Waals surface area contributed by atoms with Crippen LogP contribution in [0.1, 0.15) is 348 Å². The van der Waals surface area contributed by atoms with Crippen molar-refractivity contribution in [2.45, 2.75) is 354 Å². The normalized spacial score (nSPS) is 12.1. The summed E-state index contributed by atoms with van der Waals surface area (Å²) in [5, 5.41) is 0.